The summed E-state index contributed by atoms with van der Waals surface area (Å²) in [6.07, 6.45) is 2.86. The molecule has 0 saturated heterocycles. The molecular weight excluding hydrogens is 226 g/mol. The molecule has 96 valence electrons. The third-order valence-electron chi connectivity index (χ3n) is 2.84. The van der Waals surface area contributed by atoms with E-state index in [1.165, 1.54) is 0 Å². The van der Waals surface area contributed by atoms with Crippen LogP contribution in [0.1, 0.15) is 25.7 Å². The molecule has 5 N–H and O–H groups in total. The van der Waals surface area contributed by atoms with Gasteiger partial charge in [0.2, 0.25) is 5.91 Å². The van der Waals surface area contributed by atoms with E-state index in [0.29, 0.717) is 12.8 Å². The number of nitrogens with two attached hydrogens (primary N) is 1. The van der Waals surface area contributed by atoms with Crippen molar-refractivity contribution in [3.8, 4) is 0 Å². The molecule has 0 aromatic carbocycles. The van der Waals surface area contributed by atoms with Gasteiger partial charge in [0.25, 0.3) is 0 Å². The third-order valence-corrected chi connectivity index (χ3v) is 2.84. The summed E-state index contributed by atoms with van der Waals surface area (Å²) in [7, 11) is 0. The van der Waals surface area contributed by atoms with Crippen LogP contribution in [0.5, 0.6) is 0 Å². The van der Waals surface area contributed by atoms with Crippen LogP contribution in [-0.4, -0.2) is 35.6 Å². The molecule has 0 heterocycles. The number of urea groups is 1. The summed E-state index contributed by atoms with van der Waals surface area (Å²) in [5.41, 5.74) is 4.79. The minimum atomic E-state index is -0.885. The van der Waals surface area contributed by atoms with Crippen LogP contribution in [0.25, 0.3) is 0 Å². The smallest absolute Gasteiger partial charge is 0.318 e. The van der Waals surface area contributed by atoms with Crippen LogP contribution in [-0.2, 0) is 9.59 Å². The Morgan fingerprint density at radius 2 is 2.00 bits per heavy atom. The van der Waals surface area contributed by atoms with Crippen LogP contribution in [0.2, 0.25) is 0 Å². The van der Waals surface area contributed by atoms with E-state index in [9.17, 15) is 14.4 Å². The van der Waals surface area contributed by atoms with Crippen molar-refractivity contribution in [1.82, 2.24) is 10.6 Å². The fourth-order valence-corrected chi connectivity index (χ4v) is 2.02. The Labute approximate surface area is 98.7 Å². The van der Waals surface area contributed by atoms with Crippen LogP contribution in [0, 0.1) is 5.92 Å². The average Bonchev–Trinajstić information content (AvgIpc) is 2.26. The van der Waals surface area contributed by atoms with Gasteiger partial charge in [-0.1, -0.05) is 6.42 Å². The highest BCUT2D eigenvalue weighted by Crippen LogP contribution is 2.24. The number of rotatable bonds is 4. The molecule has 1 fully saturated rings. The predicted molar refractivity (Wildman–Crippen MR) is 59.1 cm³/mol. The summed E-state index contributed by atoms with van der Waals surface area (Å²) >= 11 is 0. The lowest BCUT2D eigenvalue weighted by molar-refractivity contribution is -0.143. The van der Waals surface area contributed by atoms with Crippen molar-refractivity contribution in [2.24, 2.45) is 11.7 Å². The third kappa shape index (κ3) is 4.81. The molecule has 1 aliphatic rings. The molecule has 2 atom stereocenters. The monoisotopic (exact) mass is 243 g/mol. The molecule has 7 heteroatoms. The second-order valence-corrected chi connectivity index (χ2v) is 4.19. The van der Waals surface area contributed by atoms with Gasteiger partial charge in [0, 0.05) is 6.04 Å². The van der Waals surface area contributed by atoms with Gasteiger partial charge in [0.1, 0.15) is 0 Å². The Balaban J connectivity index is 2.29. The molecule has 2 unspecified atom stereocenters. The molecular formula is C10H17N3O4. The molecule has 7 nitrogen and oxygen atoms in total. The van der Waals surface area contributed by atoms with E-state index in [2.05, 4.69) is 5.32 Å². The van der Waals surface area contributed by atoms with Crippen LogP contribution in [0.4, 0.5) is 4.79 Å². The zero-order valence-electron chi connectivity index (χ0n) is 9.44. The number of aliphatic carboxylic acids is 1. The van der Waals surface area contributed by atoms with E-state index in [1.807, 2.05) is 5.32 Å². The first-order valence-electron chi connectivity index (χ1n) is 5.54. The Kier molecular flexibility index (Phi) is 4.89. The minimum absolute atomic E-state index is 0.00322. The highest BCUT2D eigenvalue weighted by Gasteiger charge is 2.26. The molecule has 0 aromatic heterocycles. The fourth-order valence-electron chi connectivity index (χ4n) is 2.02. The zero-order chi connectivity index (χ0) is 12.8. The molecule has 0 aromatic rings. The topological polar surface area (TPSA) is 122 Å². The summed E-state index contributed by atoms with van der Waals surface area (Å²) in [5.74, 6) is -1.64. The van der Waals surface area contributed by atoms with Crippen molar-refractivity contribution < 1.29 is 19.5 Å². The van der Waals surface area contributed by atoms with E-state index < -0.39 is 17.9 Å². The van der Waals surface area contributed by atoms with Crippen molar-refractivity contribution in [1.29, 1.82) is 0 Å². The first kappa shape index (κ1) is 13.4. The Bertz CT molecular complexity index is 319. The number of imide groups is 1. The van der Waals surface area contributed by atoms with Gasteiger partial charge >= 0.3 is 12.0 Å². The van der Waals surface area contributed by atoms with Crippen molar-refractivity contribution >= 4 is 17.9 Å². The van der Waals surface area contributed by atoms with Crippen molar-refractivity contribution in [3.05, 3.63) is 0 Å². The van der Waals surface area contributed by atoms with Gasteiger partial charge < -0.3 is 16.2 Å². The van der Waals surface area contributed by atoms with E-state index in [-0.39, 0.29) is 18.5 Å². The van der Waals surface area contributed by atoms with Gasteiger partial charge in [-0.15, -0.1) is 0 Å². The van der Waals surface area contributed by atoms with Crippen molar-refractivity contribution in [2.75, 3.05) is 6.54 Å². The number of primary amides is 1. The molecule has 1 saturated carbocycles. The number of carboxylic acid groups (broad SMARTS) is 1. The maximum absolute atomic E-state index is 11.1. The number of carboxylic acids is 1. The van der Waals surface area contributed by atoms with Crippen molar-refractivity contribution in [3.63, 3.8) is 0 Å². The summed E-state index contributed by atoms with van der Waals surface area (Å²) in [4.78, 5) is 32.3. The normalized spacial score (nSPS) is 24.0. The second kappa shape index (κ2) is 6.19. The molecule has 0 radical (unpaired) electrons. The number of nitrogens with one attached hydrogen (secondary N) is 2. The lowest BCUT2D eigenvalue weighted by Crippen LogP contribution is -2.45. The van der Waals surface area contributed by atoms with Crippen LogP contribution in [0.15, 0.2) is 0 Å². The van der Waals surface area contributed by atoms with E-state index in [1.54, 1.807) is 0 Å². The lowest BCUT2D eigenvalue weighted by atomic mass is 9.86. The van der Waals surface area contributed by atoms with Gasteiger partial charge in [0.05, 0.1) is 12.5 Å². The summed E-state index contributed by atoms with van der Waals surface area (Å²) in [6, 6.07) is -0.882. The summed E-state index contributed by atoms with van der Waals surface area (Å²) in [6.45, 7) is -0.0278. The zero-order valence-corrected chi connectivity index (χ0v) is 9.44. The maximum Gasteiger partial charge on any atom is 0.318 e. The maximum atomic E-state index is 11.1. The Morgan fingerprint density at radius 3 is 2.59 bits per heavy atom. The highest BCUT2D eigenvalue weighted by molar-refractivity contribution is 5.94. The van der Waals surface area contributed by atoms with Crippen LogP contribution < -0.4 is 16.4 Å². The molecule has 0 aliphatic heterocycles. The SMILES string of the molecule is NC(=O)NC(=O)CNC1CCCC(C(=O)O)C1. The second-order valence-electron chi connectivity index (χ2n) is 4.19. The van der Waals surface area contributed by atoms with E-state index >= 15 is 0 Å². The van der Waals surface area contributed by atoms with E-state index in [4.69, 9.17) is 10.8 Å². The number of hydrogen-bond acceptors (Lipinski definition) is 4. The summed E-state index contributed by atoms with van der Waals surface area (Å²) in [5, 5.41) is 13.7. The number of carbonyl (C=O) groups excluding carboxylic acids is 2. The molecule has 1 rings (SSSR count). The standard InChI is InChI=1S/C10H17N3O4/c11-10(17)13-8(14)5-12-7-3-1-2-6(4-7)9(15)16/h6-7,12H,1-5H2,(H,15,16)(H3,11,13,14,17). The first-order chi connectivity index (χ1) is 7.99. The number of amides is 3. The molecule has 0 bridgehead atoms. The number of hydrogen-bond donors (Lipinski definition) is 4. The molecule has 17 heavy (non-hydrogen) atoms. The Hall–Kier alpha value is -1.63. The van der Waals surface area contributed by atoms with Crippen LogP contribution in [0.3, 0.4) is 0 Å². The largest absolute Gasteiger partial charge is 0.481 e. The van der Waals surface area contributed by atoms with Gasteiger partial charge in [-0.2, -0.15) is 0 Å². The fraction of sp³-hybridized carbons (Fsp3) is 0.700. The van der Waals surface area contributed by atoms with Gasteiger partial charge in [-0.05, 0) is 19.3 Å². The quantitative estimate of drug-likeness (QED) is 0.526. The van der Waals surface area contributed by atoms with Gasteiger partial charge in [-0.25, -0.2) is 4.79 Å². The minimum Gasteiger partial charge on any atom is -0.481 e. The number of carbonyl (C=O) groups is 3. The van der Waals surface area contributed by atoms with E-state index in [0.717, 1.165) is 12.8 Å². The average molecular weight is 243 g/mol. The summed E-state index contributed by atoms with van der Waals surface area (Å²) < 4.78 is 0. The van der Waals surface area contributed by atoms with Gasteiger partial charge in [0.15, 0.2) is 0 Å². The van der Waals surface area contributed by atoms with Crippen molar-refractivity contribution in [2.45, 2.75) is 31.7 Å². The highest BCUT2D eigenvalue weighted by atomic mass is 16.4. The lowest BCUT2D eigenvalue weighted by Gasteiger charge is -2.27. The predicted octanol–water partition coefficient (Wildman–Crippen LogP) is -0.586. The molecule has 3 amide bonds. The Morgan fingerprint density at radius 1 is 1.29 bits per heavy atom. The molecule has 1 aliphatic carbocycles. The first-order valence-corrected chi connectivity index (χ1v) is 5.54. The van der Waals surface area contributed by atoms with Crippen LogP contribution >= 0.6 is 0 Å². The van der Waals surface area contributed by atoms with Gasteiger partial charge in [-0.3, -0.25) is 14.9 Å². The molecule has 0 spiro atoms.